The molecule has 0 spiro atoms. The third-order valence-corrected chi connectivity index (χ3v) is 1.53. The van der Waals surface area contributed by atoms with Crippen molar-refractivity contribution in [3.8, 4) is 0 Å². The van der Waals surface area contributed by atoms with Crippen LogP contribution in [-0.2, 0) is 0 Å². The van der Waals surface area contributed by atoms with Crippen LogP contribution in [0.4, 0.5) is 13.2 Å². The molecule has 0 amide bonds. The maximum Gasteiger partial charge on any atom is 0.269 e. The Morgan fingerprint density at radius 1 is 1.20 bits per heavy atom. The molecule has 0 saturated carbocycles. The summed E-state index contributed by atoms with van der Waals surface area (Å²) in [6.07, 6.45) is -3.47. The van der Waals surface area contributed by atoms with Crippen molar-refractivity contribution in [1.82, 2.24) is 0 Å². The van der Waals surface area contributed by atoms with Gasteiger partial charge in [0.05, 0.1) is 0 Å². The van der Waals surface area contributed by atoms with E-state index in [1.807, 2.05) is 6.92 Å². The maximum absolute atomic E-state index is 12.4. The van der Waals surface area contributed by atoms with Crippen molar-refractivity contribution in [2.45, 2.75) is 39.3 Å². The molecular formula is C7H13F3. The molecule has 0 aliphatic heterocycles. The number of hydrogen-bond acceptors (Lipinski definition) is 0. The minimum atomic E-state index is -2.82. The Kier molecular flexibility index (Phi) is 4.49. The highest BCUT2D eigenvalue weighted by atomic mass is 19.3. The summed E-state index contributed by atoms with van der Waals surface area (Å²) in [7, 11) is 0. The van der Waals surface area contributed by atoms with Crippen molar-refractivity contribution >= 4 is 0 Å². The lowest BCUT2D eigenvalue weighted by Gasteiger charge is -2.13. The fraction of sp³-hybridized carbons (Fsp3) is 1.00. The van der Waals surface area contributed by atoms with Crippen LogP contribution in [0, 0.1) is 5.92 Å². The molecule has 2 unspecified atom stereocenters. The van der Waals surface area contributed by atoms with E-state index in [4.69, 9.17) is 0 Å². The third kappa shape index (κ3) is 3.08. The smallest absolute Gasteiger partial charge is 0.241 e. The Morgan fingerprint density at radius 2 is 1.70 bits per heavy atom. The van der Waals surface area contributed by atoms with Gasteiger partial charge < -0.3 is 0 Å². The SMILES string of the molecule is CCCC(C)C(F)C(F)F. The number of hydrogen-bond donors (Lipinski definition) is 0. The molecule has 0 radical (unpaired) electrons. The predicted octanol–water partition coefficient (Wildman–Crippen LogP) is 3.03. The monoisotopic (exact) mass is 154 g/mol. The van der Waals surface area contributed by atoms with E-state index in [-0.39, 0.29) is 0 Å². The first-order valence-corrected chi connectivity index (χ1v) is 3.51. The molecule has 0 aliphatic rings. The molecule has 0 fully saturated rings. The number of halogens is 3. The lowest BCUT2D eigenvalue weighted by Crippen LogP contribution is -2.20. The standard InChI is InChI=1S/C7H13F3/c1-3-4-5(2)6(8)7(9)10/h5-7H,3-4H2,1-2H3. The summed E-state index contributed by atoms with van der Waals surface area (Å²) < 4.78 is 35.6. The fourth-order valence-corrected chi connectivity index (χ4v) is 0.863. The van der Waals surface area contributed by atoms with Crippen LogP contribution >= 0.6 is 0 Å². The van der Waals surface area contributed by atoms with Crippen LogP contribution in [0.5, 0.6) is 0 Å². The third-order valence-electron chi connectivity index (χ3n) is 1.53. The summed E-state index contributed by atoms with van der Waals surface area (Å²) in [5.41, 5.74) is 0. The lowest BCUT2D eigenvalue weighted by atomic mass is 10.0. The van der Waals surface area contributed by atoms with Gasteiger partial charge >= 0.3 is 0 Å². The Bertz CT molecular complexity index is 82.9. The molecule has 0 saturated heterocycles. The average molecular weight is 154 g/mol. The summed E-state index contributed by atoms with van der Waals surface area (Å²) in [4.78, 5) is 0. The molecule has 0 aromatic rings. The zero-order valence-electron chi connectivity index (χ0n) is 6.28. The van der Waals surface area contributed by atoms with Crippen LogP contribution in [0.25, 0.3) is 0 Å². The minimum Gasteiger partial charge on any atom is -0.241 e. The fourth-order valence-electron chi connectivity index (χ4n) is 0.863. The zero-order chi connectivity index (χ0) is 8.15. The molecule has 62 valence electrons. The Balaban J connectivity index is 3.58. The maximum atomic E-state index is 12.4. The molecule has 0 N–H and O–H groups in total. The number of alkyl halides is 3. The van der Waals surface area contributed by atoms with Crippen LogP contribution in [0.1, 0.15) is 26.7 Å². The second kappa shape index (κ2) is 4.58. The van der Waals surface area contributed by atoms with Crippen molar-refractivity contribution in [1.29, 1.82) is 0 Å². The van der Waals surface area contributed by atoms with E-state index in [0.717, 1.165) is 6.42 Å². The van der Waals surface area contributed by atoms with Crippen molar-refractivity contribution in [3.63, 3.8) is 0 Å². The van der Waals surface area contributed by atoms with E-state index in [2.05, 4.69) is 0 Å². The van der Waals surface area contributed by atoms with E-state index in [1.54, 1.807) is 0 Å². The lowest BCUT2D eigenvalue weighted by molar-refractivity contribution is 0.0184. The average Bonchev–Trinajstić information content (AvgIpc) is 1.87. The number of rotatable bonds is 4. The van der Waals surface area contributed by atoms with Gasteiger partial charge in [0.25, 0.3) is 6.43 Å². The highest BCUT2D eigenvalue weighted by Crippen LogP contribution is 2.19. The van der Waals surface area contributed by atoms with Gasteiger partial charge in [-0.1, -0.05) is 20.3 Å². The first-order valence-electron chi connectivity index (χ1n) is 3.51. The molecule has 0 aromatic heterocycles. The summed E-state index contributed by atoms with van der Waals surface area (Å²) >= 11 is 0. The first kappa shape index (κ1) is 9.79. The van der Waals surface area contributed by atoms with Crippen LogP contribution < -0.4 is 0 Å². The summed E-state index contributed by atoms with van der Waals surface area (Å²) in [5, 5.41) is 0. The summed E-state index contributed by atoms with van der Waals surface area (Å²) in [6, 6.07) is 0. The molecule has 10 heavy (non-hydrogen) atoms. The van der Waals surface area contributed by atoms with Gasteiger partial charge in [0, 0.05) is 0 Å². The highest BCUT2D eigenvalue weighted by Gasteiger charge is 2.24. The predicted molar refractivity (Wildman–Crippen MR) is 35.0 cm³/mol. The molecule has 0 aromatic carbocycles. The van der Waals surface area contributed by atoms with E-state index in [1.165, 1.54) is 6.92 Å². The van der Waals surface area contributed by atoms with Crippen LogP contribution in [-0.4, -0.2) is 12.6 Å². The molecule has 0 nitrogen and oxygen atoms in total. The van der Waals surface area contributed by atoms with Gasteiger partial charge in [0.15, 0.2) is 6.17 Å². The second-order valence-electron chi connectivity index (χ2n) is 2.54. The van der Waals surface area contributed by atoms with Gasteiger partial charge in [0.2, 0.25) is 0 Å². The quantitative estimate of drug-likeness (QED) is 0.583. The van der Waals surface area contributed by atoms with Gasteiger partial charge in [-0.15, -0.1) is 0 Å². The molecule has 0 rings (SSSR count). The molecule has 2 atom stereocenters. The van der Waals surface area contributed by atoms with Gasteiger partial charge in [-0.05, 0) is 12.3 Å². The van der Waals surface area contributed by atoms with Gasteiger partial charge in [-0.3, -0.25) is 0 Å². The van der Waals surface area contributed by atoms with Crippen LogP contribution in [0.3, 0.4) is 0 Å². The molecule has 0 aliphatic carbocycles. The van der Waals surface area contributed by atoms with Crippen molar-refractivity contribution < 1.29 is 13.2 Å². The van der Waals surface area contributed by atoms with Crippen molar-refractivity contribution in [2.24, 2.45) is 5.92 Å². The van der Waals surface area contributed by atoms with E-state index >= 15 is 0 Å². The summed E-state index contributed by atoms with van der Waals surface area (Å²) in [5.74, 6) is -0.509. The normalized spacial score (nSPS) is 17.4. The molecule has 0 heterocycles. The van der Waals surface area contributed by atoms with Gasteiger partial charge in [-0.2, -0.15) is 0 Å². The van der Waals surface area contributed by atoms with Gasteiger partial charge in [0.1, 0.15) is 0 Å². The van der Waals surface area contributed by atoms with E-state index in [9.17, 15) is 13.2 Å². The molecule has 0 bridgehead atoms. The minimum absolute atomic E-state index is 0.509. The van der Waals surface area contributed by atoms with Crippen molar-refractivity contribution in [3.05, 3.63) is 0 Å². The van der Waals surface area contributed by atoms with Gasteiger partial charge in [-0.25, -0.2) is 13.2 Å². The summed E-state index contributed by atoms with van der Waals surface area (Å²) in [6.45, 7) is 3.37. The first-order chi connectivity index (χ1) is 4.59. The Hall–Kier alpha value is -0.210. The Morgan fingerprint density at radius 3 is 2.00 bits per heavy atom. The van der Waals surface area contributed by atoms with Crippen LogP contribution in [0.15, 0.2) is 0 Å². The molecular weight excluding hydrogens is 141 g/mol. The van der Waals surface area contributed by atoms with E-state index in [0.29, 0.717) is 6.42 Å². The van der Waals surface area contributed by atoms with E-state index < -0.39 is 18.5 Å². The largest absolute Gasteiger partial charge is 0.269 e. The second-order valence-corrected chi connectivity index (χ2v) is 2.54. The highest BCUT2D eigenvalue weighted by molar-refractivity contribution is 4.66. The molecule has 3 heteroatoms. The zero-order valence-corrected chi connectivity index (χ0v) is 6.28. The van der Waals surface area contributed by atoms with Crippen molar-refractivity contribution in [2.75, 3.05) is 0 Å². The van der Waals surface area contributed by atoms with Crippen LogP contribution in [0.2, 0.25) is 0 Å². The topological polar surface area (TPSA) is 0 Å². The Labute approximate surface area is 59.4 Å².